The van der Waals surface area contributed by atoms with Crippen LogP contribution in [0.25, 0.3) is 0 Å². The number of hydrogen-bond acceptors (Lipinski definition) is 3. The fraction of sp³-hybridized carbons (Fsp3) is 0.500. The van der Waals surface area contributed by atoms with Gasteiger partial charge >= 0.3 is 60.7 Å². The van der Waals surface area contributed by atoms with Gasteiger partial charge in [-0.3, -0.25) is 0 Å². The van der Waals surface area contributed by atoms with Crippen LogP contribution in [0, 0.1) is 10.4 Å². The van der Waals surface area contributed by atoms with Gasteiger partial charge in [-0.05, 0) is 0 Å². The van der Waals surface area contributed by atoms with Crippen molar-refractivity contribution in [3.63, 3.8) is 0 Å². The predicted octanol–water partition coefficient (Wildman–Crippen LogP) is 0.566. The molecule has 5 heteroatoms. The third kappa shape index (κ3) is 2.72. The third-order valence-corrected chi connectivity index (χ3v) is 1.32. The molecule has 0 aromatic carbocycles. The van der Waals surface area contributed by atoms with E-state index >= 15 is 0 Å². The molecular formula is C4H7FeN2O2-. The molecule has 0 aliphatic heterocycles. The molecule has 0 amide bonds. The third-order valence-electron chi connectivity index (χ3n) is 0.951. The summed E-state index contributed by atoms with van der Waals surface area (Å²) in [5, 5.41) is 20.2. The van der Waals surface area contributed by atoms with Crippen molar-refractivity contribution in [3.8, 4) is 0 Å². The Kier molecular flexibility index (Phi) is 3.65. The maximum absolute atomic E-state index is 10.3. The Labute approximate surface area is 61.3 Å². The molecule has 0 aliphatic carbocycles. The van der Waals surface area contributed by atoms with Crippen molar-refractivity contribution in [1.82, 2.24) is 5.48 Å². The van der Waals surface area contributed by atoms with Gasteiger partial charge in [0, 0.05) is 0 Å². The van der Waals surface area contributed by atoms with E-state index in [9.17, 15) is 10.4 Å². The monoisotopic (exact) mass is 171 g/mol. The number of nitrogens with one attached hydrogen (secondary N) is 1. The summed E-state index contributed by atoms with van der Waals surface area (Å²) in [4.78, 5) is 0. The Bertz CT molecular complexity index is 155. The molecule has 9 heavy (non-hydrogen) atoms. The van der Waals surface area contributed by atoms with Crippen LogP contribution in [0.1, 0.15) is 13.8 Å². The van der Waals surface area contributed by atoms with E-state index in [1.165, 1.54) is 13.8 Å². The molecule has 4 nitrogen and oxygen atoms in total. The first-order valence-corrected chi connectivity index (χ1v) is 2.76. The van der Waals surface area contributed by atoms with Crippen molar-refractivity contribution in [2.75, 3.05) is 0 Å². The van der Waals surface area contributed by atoms with Crippen molar-refractivity contribution in [2.24, 2.45) is 0 Å². The Hall–Kier alpha value is -0.221. The topological polar surface area (TPSA) is 61.2 Å². The van der Waals surface area contributed by atoms with Crippen molar-refractivity contribution in [1.29, 1.82) is 0 Å². The quantitative estimate of drug-likeness (QED) is 0.487. The van der Waals surface area contributed by atoms with Gasteiger partial charge in [0.05, 0.1) is 0 Å². The van der Waals surface area contributed by atoms with Crippen molar-refractivity contribution < 1.29 is 19.5 Å². The van der Waals surface area contributed by atoms with Gasteiger partial charge in [0.2, 0.25) is 0 Å². The molecule has 54 valence electrons. The molecule has 0 aromatic heterocycles. The second-order valence-corrected chi connectivity index (χ2v) is 2.00. The summed E-state index contributed by atoms with van der Waals surface area (Å²) in [6.07, 6.45) is 0. The Morgan fingerprint density at radius 1 is 1.56 bits per heavy atom. The van der Waals surface area contributed by atoms with Crippen LogP contribution >= 0.6 is 0 Å². The predicted molar refractivity (Wildman–Crippen MR) is 28.5 cm³/mol. The molecule has 0 radical (unpaired) electrons. The summed E-state index contributed by atoms with van der Waals surface area (Å²) in [6.45, 7) is 3.03. The number of nitrogens with zero attached hydrogens (tertiary/aromatic N) is 1. The zero-order chi connectivity index (χ0) is 7.44. The fourth-order valence-electron chi connectivity index (χ4n) is 0.202. The van der Waals surface area contributed by atoms with Gasteiger partial charge in [0.15, 0.2) is 0 Å². The number of hydrogen-bond donors (Lipinski definition) is 1. The summed E-state index contributed by atoms with van der Waals surface area (Å²) >= 11 is 3.05. The van der Waals surface area contributed by atoms with Crippen LogP contribution in [-0.2, 0) is 15.8 Å². The molecule has 0 fully saturated rings. The summed E-state index contributed by atoms with van der Waals surface area (Å²) in [6, 6.07) is 0. The zero-order valence-electron chi connectivity index (χ0n) is 5.12. The Balaban J connectivity index is 4.28. The SMILES string of the molecule is C/C(N[O-])=C(\C)[N+]([O-])=[Fe]. The molecule has 0 saturated carbocycles. The second-order valence-electron chi connectivity index (χ2n) is 1.55. The molecule has 0 bridgehead atoms. The van der Waals surface area contributed by atoms with Gasteiger partial charge in [0.25, 0.3) is 0 Å². The summed E-state index contributed by atoms with van der Waals surface area (Å²) < 4.78 is 0.389. The van der Waals surface area contributed by atoms with Crippen LogP contribution in [0.2, 0.25) is 0 Å². The van der Waals surface area contributed by atoms with Crippen LogP contribution in [0.4, 0.5) is 0 Å². The minimum absolute atomic E-state index is 0.292. The zero-order valence-corrected chi connectivity index (χ0v) is 6.22. The first-order chi connectivity index (χ1) is 4.09. The van der Waals surface area contributed by atoms with E-state index in [4.69, 9.17) is 0 Å². The standard InChI is InChI=1S/C4H7N2O2.Fe/c1-3(5-7)4(2)6-8;/h5H,1-2H3;/q-1;/b4-3-;. The minimum atomic E-state index is 0.292. The molecule has 1 N–H and O–H groups in total. The van der Waals surface area contributed by atoms with E-state index in [2.05, 4.69) is 15.8 Å². The molecule has 0 heterocycles. The van der Waals surface area contributed by atoms with Gasteiger partial charge in [-0.1, -0.05) is 0 Å². The first-order valence-electron chi connectivity index (χ1n) is 2.27. The molecule has 0 rings (SSSR count). The molecule has 0 aromatic rings. The second kappa shape index (κ2) is 3.74. The summed E-state index contributed by atoms with van der Waals surface area (Å²) in [5.41, 5.74) is 2.18. The molecular weight excluding hydrogens is 164 g/mol. The van der Waals surface area contributed by atoms with Gasteiger partial charge in [-0.15, -0.1) is 0 Å². The van der Waals surface area contributed by atoms with Crippen molar-refractivity contribution in [2.45, 2.75) is 13.8 Å². The van der Waals surface area contributed by atoms with E-state index in [0.29, 0.717) is 15.1 Å². The number of rotatable bonds is 2. The van der Waals surface area contributed by atoms with Gasteiger partial charge in [0.1, 0.15) is 0 Å². The molecule has 0 aliphatic rings. The van der Waals surface area contributed by atoms with Gasteiger partial charge < -0.3 is 0 Å². The molecule has 0 saturated heterocycles. The average Bonchev–Trinajstić information content (AvgIpc) is 1.84. The van der Waals surface area contributed by atoms with Crippen LogP contribution in [0.15, 0.2) is 11.4 Å². The van der Waals surface area contributed by atoms with Crippen molar-refractivity contribution >= 4 is 0 Å². The summed E-state index contributed by atoms with van der Waals surface area (Å²) in [5.74, 6) is 0. The van der Waals surface area contributed by atoms with Crippen LogP contribution < -0.4 is 5.48 Å². The molecule has 0 unspecified atom stereocenters. The van der Waals surface area contributed by atoms with Crippen LogP contribution in [-0.4, -0.2) is 3.71 Å². The Morgan fingerprint density at radius 3 is 2.11 bits per heavy atom. The molecule has 0 spiro atoms. The normalized spacial score (nSPS) is 12.6. The van der Waals surface area contributed by atoms with E-state index < -0.39 is 0 Å². The average molecular weight is 171 g/mol. The number of allylic oxidation sites excluding steroid dienone is 2. The Morgan fingerprint density at radius 2 is 2.00 bits per heavy atom. The van der Waals surface area contributed by atoms with E-state index in [1.807, 2.05) is 0 Å². The van der Waals surface area contributed by atoms with E-state index in [0.717, 1.165) is 0 Å². The first kappa shape index (κ1) is 8.78. The maximum atomic E-state index is 10.3. The fourth-order valence-corrected chi connectivity index (χ4v) is 0.387. The van der Waals surface area contributed by atoms with Crippen LogP contribution in [0.5, 0.6) is 0 Å². The van der Waals surface area contributed by atoms with E-state index in [1.54, 1.807) is 5.48 Å². The van der Waals surface area contributed by atoms with Gasteiger partial charge in [-0.25, -0.2) is 0 Å². The van der Waals surface area contributed by atoms with E-state index in [-0.39, 0.29) is 0 Å². The molecule has 0 atom stereocenters. The van der Waals surface area contributed by atoms with Crippen molar-refractivity contribution in [3.05, 3.63) is 21.8 Å². The number of hydroxylamine groups is 2. The summed E-state index contributed by atoms with van der Waals surface area (Å²) in [7, 11) is 0. The van der Waals surface area contributed by atoms with Gasteiger partial charge in [-0.2, -0.15) is 0 Å². The van der Waals surface area contributed by atoms with Crippen LogP contribution in [0.3, 0.4) is 0 Å².